The lowest BCUT2D eigenvalue weighted by atomic mass is 10.2. The van der Waals surface area contributed by atoms with Crippen LogP contribution in [0.2, 0.25) is 0 Å². The van der Waals surface area contributed by atoms with E-state index in [1.54, 1.807) is 24.3 Å². The summed E-state index contributed by atoms with van der Waals surface area (Å²) in [5.74, 6) is 0.0782. The van der Waals surface area contributed by atoms with Gasteiger partial charge in [-0.1, -0.05) is 26.8 Å². The van der Waals surface area contributed by atoms with E-state index in [0.29, 0.717) is 36.8 Å². The Balaban J connectivity index is 2.53. The third-order valence-electron chi connectivity index (χ3n) is 3.41. The quantitative estimate of drug-likeness (QED) is 0.433. The fourth-order valence-corrected chi connectivity index (χ4v) is 2.08. The molecule has 1 rings (SSSR count). The fraction of sp³-hybridized carbons (Fsp3) is 0.476. The first-order valence-corrected chi connectivity index (χ1v) is 9.67. The highest BCUT2D eigenvalue weighted by Crippen LogP contribution is 2.29. The number of amides is 3. The summed E-state index contributed by atoms with van der Waals surface area (Å²) in [7, 11) is 0. The highest BCUT2D eigenvalue weighted by Gasteiger charge is 2.10. The predicted octanol–water partition coefficient (Wildman–Crippen LogP) is 2.91. The first-order valence-electron chi connectivity index (χ1n) is 9.67. The van der Waals surface area contributed by atoms with Crippen molar-refractivity contribution in [2.24, 2.45) is 5.92 Å². The third kappa shape index (κ3) is 10.2. The summed E-state index contributed by atoms with van der Waals surface area (Å²) in [6.45, 7) is 8.70. The molecule has 0 unspecified atom stereocenters. The van der Waals surface area contributed by atoms with Gasteiger partial charge in [0.25, 0.3) is 5.91 Å². The monoisotopic (exact) mass is 406 g/mol. The van der Waals surface area contributed by atoms with Gasteiger partial charge in [0.1, 0.15) is 0 Å². The molecule has 0 bridgehead atoms. The van der Waals surface area contributed by atoms with E-state index >= 15 is 0 Å². The van der Waals surface area contributed by atoms with Crippen molar-refractivity contribution in [3.05, 3.63) is 29.8 Å². The van der Waals surface area contributed by atoms with E-state index in [1.165, 1.54) is 6.08 Å². The van der Waals surface area contributed by atoms with Gasteiger partial charge in [-0.2, -0.15) is 0 Å². The van der Waals surface area contributed by atoms with Crippen LogP contribution in [0, 0.1) is 5.92 Å². The van der Waals surface area contributed by atoms with Crippen LogP contribution in [-0.2, 0) is 14.3 Å². The summed E-state index contributed by atoms with van der Waals surface area (Å²) < 4.78 is 16.0. The number of hydrogen-bond donors (Lipinski definition) is 2. The molecule has 2 N–H and O–H groups in total. The first-order chi connectivity index (χ1) is 13.8. The molecule has 0 fully saturated rings. The molecule has 3 amide bonds. The van der Waals surface area contributed by atoms with Gasteiger partial charge >= 0.3 is 12.0 Å². The average molecular weight is 406 g/mol. The van der Waals surface area contributed by atoms with Crippen molar-refractivity contribution in [3.8, 4) is 11.5 Å². The SMILES string of the molecule is CCCOc1ccc(/C=C/C(=O)OCC(=O)NC(=O)NCC(C)C)cc1OCC. The Morgan fingerprint density at radius 3 is 2.52 bits per heavy atom. The minimum absolute atomic E-state index is 0.259. The van der Waals surface area contributed by atoms with Crippen LogP contribution >= 0.6 is 0 Å². The van der Waals surface area contributed by atoms with Crippen molar-refractivity contribution in [1.82, 2.24) is 10.6 Å². The average Bonchev–Trinajstić information content (AvgIpc) is 2.68. The van der Waals surface area contributed by atoms with Crippen LogP contribution in [0.25, 0.3) is 6.08 Å². The van der Waals surface area contributed by atoms with Crippen LogP contribution in [0.15, 0.2) is 24.3 Å². The van der Waals surface area contributed by atoms with Crippen LogP contribution < -0.4 is 20.1 Å². The Labute approximate surface area is 171 Å². The summed E-state index contributed by atoms with van der Waals surface area (Å²) in [5.41, 5.74) is 0.715. The Kier molecular flexibility index (Phi) is 10.9. The Morgan fingerprint density at radius 2 is 1.86 bits per heavy atom. The molecule has 1 aromatic rings. The molecule has 0 radical (unpaired) electrons. The lowest BCUT2D eigenvalue weighted by Crippen LogP contribution is -2.42. The van der Waals surface area contributed by atoms with Crippen molar-refractivity contribution >= 4 is 24.0 Å². The number of ether oxygens (including phenoxy) is 3. The van der Waals surface area contributed by atoms with Gasteiger partial charge in [-0.15, -0.1) is 0 Å². The van der Waals surface area contributed by atoms with Gasteiger partial charge in [0.2, 0.25) is 0 Å². The highest BCUT2D eigenvalue weighted by atomic mass is 16.5. The fourth-order valence-electron chi connectivity index (χ4n) is 2.08. The minimum Gasteiger partial charge on any atom is -0.490 e. The molecule has 8 nitrogen and oxygen atoms in total. The van der Waals surface area contributed by atoms with E-state index in [2.05, 4.69) is 10.6 Å². The molecule has 29 heavy (non-hydrogen) atoms. The molecule has 0 saturated heterocycles. The molecule has 0 aliphatic rings. The highest BCUT2D eigenvalue weighted by molar-refractivity contribution is 5.96. The number of benzene rings is 1. The summed E-state index contributed by atoms with van der Waals surface area (Å²) in [6, 6.07) is 4.69. The lowest BCUT2D eigenvalue weighted by molar-refractivity contribution is -0.143. The number of nitrogens with one attached hydrogen (secondary N) is 2. The summed E-state index contributed by atoms with van der Waals surface area (Å²) in [6.07, 6.45) is 3.62. The van der Waals surface area contributed by atoms with Crippen LogP contribution in [0.5, 0.6) is 11.5 Å². The van der Waals surface area contributed by atoms with E-state index in [0.717, 1.165) is 6.42 Å². The van der Waals surface area contributed by atoms with Crippen molar-refractivity contribution in [2.45, 2.75) is 34.1 Å². The molecule has 1 aromatic carbocycles. The maximum absolute atomic E-state index is 11.8. The Hall–Kier alpha value is -3.03. The van der Waals surface area contributed by atoms with E-state index < -0.39 is 24.5 Å². The molecule has 160 valence electrons. The number of imide groups is 1. The zero-order chi connectivity index (χ0) is 21.6. The van der Waals surface area contributed by atoms with Crippen molar-refractivity contribution < 1.29 is 28.6 Å². The topological polar surface area (TPSA) is 103 Å². The van der Waals surface area contributed by atoms with Crippen LogP contribution in [-0.4, -0.2) is 44.3 Å². The van der Waals surface area contributed by atoms with Gasteiger partial charge in [-0.25, -0.2) is 9.59 Å². The van der Waals surface area contributed by atoms with Crippen LogP contribution in [0.3, 0.4) is 0 Å². The summed E-state index contributed by atoms with van der Waals surface area (Å²) >= 11 is 0. The molecule has 0 spiro atoms. The number of hydrogen-bond acceptors (Lipinski definition) is 6. The van der Waals surface area contributed by atoms with E-state index in [1.807, 2.05) is 27.7 Å². The molecule has 0 aromatic heterocycles. The van der Waals surface area contributed by atoms with Crippen molar-refractivity contribution in [1.29, 1.82) is 0 Å². The number of esters is 1. The molecule has 0 aliphatic carbocycles. The van der Waals surface area contributed by atoms with Crippen molar-refractivity contribution in [2.75, 3.05) is 26.4 Å². The Bertz CT molecular complexity index is 715. The molecular formula is C21H30N2O6. The zero-order valence-electron chi connectivity index (χ0n) is 17.4. The second-order valence-electron chi connectivity index (χ2n) is 6.58. The third-order valence-corrected chi connectivity index (χ3v) is 3.41. The predicted molar refractivity (Wildman–Crippen MR) is 110 cm³/mol. The lowest BCUT2D eigenvalue weighted by Gasteiger charge is -2.12. The van der Waals surface area contributed by atoms with E-state index in [9.17, 15) is 14.4 Å². The molecule has 0 heterocycles. The van der Waals surface area contributed by atoms with Gasteiger partial charge in [0.15, 0.2) is 18.1 Å². The van der Waals surface area contributed by atoms with Gasteiger partial charge < -0.3 is 19.5 Å². The number of urea groups is 1. The summed E-state index contributed by atoms with van der Waals surface area (Å²) in [4.78, 5) is 34.9. The van der Waals surface area contributed by atoms with E-state index in [4.69, 9.17) is 14.2 Å². The molecule has 8 heteroatoms. The van der Waals surface area contributed by atoms with Gasteiger partial charge in [-0.05, 0) is 43.0 Å². The minimum atomic E-state index is -0.705. The smallest absolute Gasteiger partial charge is 0.331 e. The second kappa shape index (κ2) is 13.2. The second-order valence-corrected chi connectivity index (χ2v) is 6.58. The number of rotatable bonds is 11. The maximum Gasteiger partial charge on any atom is 0.331 e. The molecule has 0 saturated carbocycles. The summed E-state index contributed by atoms with van der Waals surface area (Å²) in [5, 5.41) is 4.62. The largest absolute Gasteiger partial charge is 0.490 e. The van der Waals surface area contributed by atoms with Gasteiger partial charge in [0, 0.05) is 12.6 Å². The number of carbonyl (C=O) groups excluding carboxylic acids is 3. The number of carbonyl (C=O) groups is 3. The maximum atomic E-state index is 11.8. The molecular weight excluding hydrogens is 376 g/mol. The molecule has 0 aliphatic heterocycles. The zero-order valence-corrected chi connectivity index (χ0v) is 17.4. The first kappa shape index (κ1) is 24.0. The van der Waals surface area contributed by atoms with Crippen LogP contribution in [0.1, 0.15) is 39.7 Å². The van der Waals surface area contributed by atoms with Crippen LogP contribution in [0.4, 0.5) is 4.79 Å². The van der Waals surface area contributed by atoms with Gasteiger partial charge in [-0.3, -0.25) is 10.1 Å². The van der Waals surface area contributed by atoms with Crippen molar-refractivity contribution in [3.63, 3.8) is 0 Å². The van der Waals surface area contributed by atoms with E-state index in [-0.39, 0.29) is 5.92 Å². The van der Waals surface area contributed by atoms with Gasteiger partial charge in [0.05, 0.1) is 13.2 Å². The normalized spacial score (nSPS) is 10.7. The standard InChI is InChI=1S/C21H30N2O6/c1-5-11-28-17-9-7-16(12-18(17)27-6-2)8-10-20(25)29-14-19(24)23-21(26)22-13-15(3)4/h7-10,12,15H,5-6,11,13-14H2,1-4H3,(H2,22,23,24,26)/b10-8+. The Morgan fingerprint density at radius 1 is 1.10 bits per heavy atom. The molecule has 0 atom stereocenters.